The molecule has 0 spiro atoms. The van der Waals surface area contributed by atoms with Gasteiger partial charge in [0, 0.05) is 5.69 Å². The number of ether oxygens (including phenoxy) is 1. The van der Waals surface area contributed by atoms with Crippen LogP contribution in [0.2, 0.25) is 0 Å². The Kier molecular flexibility index (Phi) is 6.81. The summed E-state index contributed by atoms with van der Waals surface area (Å²) in [6, 6.07) is 19.1. The lowest BCUT2D eigenvalue weighted by atomic mass is 10.1. The van der Waals surface area contributed by atoms with Crippen LogP contribution in [0.25, 0.3) is 0 Å². The van der Waals surface area contributed by atoms with Gasteiger partial charge in [0.2, 0.25) is 15.9 Å². The van der Waals surface area contributed by atoms with Crippen LogP contribution in [0.4, 0.5) is 10.1 Å². The molecule has 0 aliphatic heterocycles. The predicted octanol–water partition coefficient (Wildman–Crippen LogP) is 3.36. The van der Waals surface area contributed by atoms with Gasteiger partial charge in [0.1, 0.15) is 17.6 Å². The van der Waals surface area contributed by atoms with Gasteiger partial charge in [-0.25, -0.2) is 12.8 Å². The van der Waals surface area contributed by atoms with Crippen molar-refractivity contribution in [1.82, 2.24) is 4.72 Å². The first kappa shape index (κ1) is 21.5. The molecule has 0 radical (unpaired) electrons. The molecule has 0 fully saturated rings. The molecule has 1 amide bonds. The Morgan fingerprint density at radius 3 is 2.33 bits per heavy atom. The van der Waals surface area contributed by atoms with E-state index in [1.165, 1.54) is 49.6 Å². The molecule has 3 aromatic carbocycles. The van der Waals surface area contributed by atoms with Crippen LogP contribution in [0.15, 0.2) is 83.8 Å². The van der Waals surface area contributed by atoms with Crippen LogP contribution in [0.5, 0.6) is 5.75 Å². The van der Waals surface area contributed by atoms with Gasteiger partial charge in [0.25, 0.3) is 0 Å². The Balaban J connectivity index is 1.85. The predicted molar refractivity (Wildman–Crippen MR) is 112 cm³/mol. The van der Waals surface area contributed by atoms with E-state index in [0.29, 0.717) is 5.75 Å². The average molecular weight is 428 g/mol. The highest BCUT2D eigenvalue weighted by atomic mass is 32.2. The molecule has 3 aromatic rings. The third-order valence-electron chi connectivity index (χ3n) is 4.36. The van der Waals surface area contributed by atoms with Crippen molar-refractivity contribution in [3.63, 3.8) is 0 Å². The molecular weight excluding hydrogens is 407 g/mol. The molecule has 0 saturated carbocycles. The van der Waals surface area contributed by atoms with Crippen molar-refractivity contribution in [3.8, 4) is 5.75 Å². The van der Waals surface area contributed by atoms with E-state index in [2.05, 4.69) is 10.0 Å². The number of amides is 1. The number of carbonyl (C=O) groups excluding carboxylic acids is 1. The van der Waals surface area contributed by atoms with Gasteiger partial charge in [-0.05, 0) is 54.4 Å². The molecule has 0 aliphatic carbocycles. The standard InChI is InChI=1S/C22H21FN2O4S/c1-29-19-10-12-20(13-11-19)30(27,28)25-21(14-16-6-3-2-4-7-16)22(26)24-18-9-5-8-17(23)15-18/h2-13,15,21,25H,14H2,1H3,(H,24,26). The first-order chi connectivity index (χ1) is 14.4. The second-order valence-corrected chi connectivity index (χ2v) is 8.25. The largest absolute Gasteiger partial charge is 0.497 e. The monoisotopic (exact) mass is 428 g/mol. The van der Waals surface area contributed by atoms with Crippen molar-refractivity contribution < 1.29 is 22.3 Å². The summed E-state index contributed by atoms with van der Waals surface area (Å²) in [6.45, 7) is 0. The minimum absolute atomic E-state index is 0.0000766. The third-order valence-corrected chi connectivity index (χ3v) is 5.85. The van der Waals surface area contributed by atoms with E-state index in [9.17, 15) is 17.6 Å². The number of anilines is 1. The summed E-state index contributed by atoms with van der Waals surface area (Å²) in [5, 5.41) is 2.57. The summed E-state index contributed by atoms with van der Waals surface area (Å²) in [4.78, 5) is 12.9. The first-order valence-corrected chi connectivity index (χ1v) is 10.6. The molecule has 2 N–H and O–H groups in total. The van der Waals surface area contributed by atoms with E-state index in [1.54, 1.807) is 24.3 Å². The van der Waals surface area contributed by atoms with Crippen molar-refractivity contribution in [1.29, 1.82) is 0 Å². The fourth-order valence-corrected chi connectivity index (χ4v) is 4.04. The van der Waals surface area contributed by atoms with Crippen LogP contribution < -0.4 is 14.8 Å². The number of rotatable bonds is 8. The maximum absolute atomic E-state index is 13.4. The number of hydrogen-bond donors (Lipinski definition) is 2. The van der Waals surface area contributed by atoms with Gasteiger partial charge in [0.05, 0.1) is 12.0 Å². The summed E-state index contributed by atoms with van der Waals surface area (Å²) in [5.41, 5.74) is 1.01. The lowest BCUT2D eigenvalue weighted by Gasteiger charge is -2.19. The Morgan fingerprint density at radius 1 is 1.00 bits per heavy atom. The highest BCUT2D eigenvalue weighted by Crippen LogP contribution is 2.17. The summed E-state index contributed by atoms with van der Waals surface area (Å²) in [5.74, 6) is -0.591. The van der Waals surface area contributed by atoms with Crippen LogP contribution in [0.3, 0.4) is 0 Å². The summed E-state index contributed by atoms with van der Waals surface area (Å²) in [7, 11) is -2.51. The highest BCUT2D eigenvalue weighted by Gasteiger charge is 2.26. The smallest absolute Gasteiger partial charge is 0.242 e. The normalized spacial score (nSPS) is 12.2. The van der Waals surface area contributed by atoms with Crippen LogP contribution in [-0.4, -0.2) is 27.5 Å². The Hall–Kier alpha value is -3.23. The van der Waals surface area contributed by atoms with E-state index in [-0.39, 0.29) is 17.0 Å². The van der Waals surface area contributed by atoms with E-state index >= 15 is 0 Å². The molecule has 8 heteroatoms. The van der Waals surface area contributed by atoms with Crippen molar-refractivity contribution in [3.05, 3.63) is 90.2 Å². The van der Waals surface area contributed by atoms with Crippen LogP contribution in [0.1, 0.15) is 5.56 Å². The first-order valence-electron chi connectivity index (χ1n) is 9.14. The van der Waals surface area contributed by atoms with Crippen molar-refractivity contribution in [2.45, 2.75) is 17.4 Å². The number of benzene rings is 3. The van der Waals surface area contributed by atoms with Crippen molar-refractivity contribution in [2.75, 3.05) is 12.4 Å². The molecule has 3 rings (SSSR count). The molecule has 1 atom stereocenters. The van der Waals surface area contributed by atoms with Crippen LogP contribution >= 0.6 is 0 Å². The van der Waals surface area contributed by atoms with E-state index in [0.717, 1.165) is 11.6 Å². The molecule has 0 bridgehead atoms. The Labute approximate surface area is 174 Å². The third kappa shape index (κ3) is 5.65. The Bertz CT molecular complexity index is 1100. The number of hydrogen-bond acceptors (Lipinski definition) is 4. The fraction of sp³-hybridized carbons (Fsp3) is 0.136. The minimum Gasteiger partial charge on any atom is -0.497 e. The van der Waals surface area contributed by atoms with E-state index < -0.39 is 27.8 Å². The lowest BCUT2D eigenvalue weighted by Crippen LogP contribution is -2.45. The van der Waals surface area contributed by atoms with Gasteiger partial charge in [-0.3, -0.25) is 4.79 Å². The number of methoxy groups -OCH3 is 1. The van der Waals surface area contributed by atoms with Crippen LogP contribution in [-0.2, 0) is 21.2 Å². The highest BCUT2D eigenvalue weighted by molar-refractivity contribution is 7.89. The van der Waals surface area contributed by atoms with Crippen molar-refractivity contribution in [2.24, 2.45) is 0 Å². The molecular formula is C22H21FN2O4S. The van der Waals surface area contributed by atoms with Gasteiger partial charge in [0.15, 0.2) is 0 Å². The fourth-order valence-electron chi connectivity index (χ4n) is 2.84. The average Bonchev–Trinajstić information content (AvgIpc) is 2.74. The number of nitrogens with one attached hydrogen (secondary N) is 2. The van der Waals surface area contributed by atoms with Gasteiger partial charge in [-0.15, -0.1) is 0 Å². The maximum Gasteiger partial charge on any atom is 0.242 e. The van der Waals surface area contributed by atoms with Gasteiger partial charge in [-0.1, -0.05) is 36.4 Å². The summed E-state index contributed by atoms with van der Waals surface area (Å²) in [6.07, 6.45) is 0.122. The molecule has 30 heavy (non-hydrogen) atoms. The van der Waals surface area contributed by atoms with Gasteiger partial charge in [-0.2, -0.15) is 4.72 Å². The quantitative estimate of drug-likeness (QED) is 0.576. The molecule has 0 saturated heterocycles. The zero-order valence-corrected chi connectivity index (χ0v) is 17.0. The summed E-state index contributed by atoms with van der Waals surface area (Å²) < 4.78 is 46.7. The minimum atomic E-state index is -3.99. The summed E-state index contributed by atoms with van der Waals surface area (Å²) >= 11 is 0. The molecule has 0 aliphatic rings. The second-order valence-electron chi connectivity index (χ2n) is 6.54. The van der Waals surface area contributed by atoms with Crippen molar-refractivity contribution >= 4 is 21.6 Å². The topological polar surface area (TPSA) is 84.5 Å². The SMILES string of the molecule is COc1ccc(S(=O)(=O)NC(Cc2ccccc2)C(=O)Nc2cccc(F)c2)cc1. The second kappa shape index (κ2) is 9.51. The zero-order valence-electron chi connectivity index (χ0n) is 16.2. The molecule has 0 heterocycles. The lowest BCUT2D eigenvalue weighted by molar-refractivity contribution is -0.117. The van der Waals surface area contributed by atoms with E-state index in [4.69, 9.17) is 4.74 Å². The molecule has 156 valence electrons. The number of sulfonamides is 1. The van der Waals surface area contributed by atoms with E-state index in [1.807, 2.05) is 6.07 Å². The van der Waals surface area contributed by atoms with Crippen LogP contribution in [0, 0.1) is 5.82 Å². The zero-order chi connectivity index (χ0) is 21.6. The Morgan fingerprint density at radius 2 is 1.70 bits per heavy atom. The van der Waals surface area contributed by atoms with Gasteiger partial charge < -0.3 is 10.1 Å². The molecule has 6 nitrogen and oxygen atoms in total. The maximum atomic E-state index is 13.4. The molecule has 1 unspecified atom stereocenters. The number of halogens is 1. The molecule has 0 aromatic heterocycles. The number of carbonyl (C=O) groups is 1. The van der Waals surface area contributed by atoms with Gasteiger partial charge >= 0.3 is 0 Å².